The molecule has 1 aromatic heterocycles. The largest absolute Gasteiger partial charge is 0.489 e. The molecule has 0 amide bonds. The number of rotatable bonds is 5. The average molecular weight is 276 g/mol. The van der Waals surface area contributed by atoms with E-state index < -0.39 is 11.4 Å². The molecule has 0 aromatic carbocycles. The van der Waals surface area contributed by atoms with Gasteiger partial charge in [0, 0.05) is 6.07 Å². The summed E-state index contributed by atoms with van der Waals surface area (Å²) in [4.78, 5) is 15.7. The fraction of sp³-hybridized carbons (Fsp3) is 0.500. The Bertz CT molecular complexity index is 547. The third-order valence-electron chi connectivity index (χ3n) is 3.47. The van der Waals surface area contributed by atoms with Gasteiger partial charge in [-0.2, -0.15) is 5.26 Å². The van der Waals surface area contributed by atoms with Crippen molar-refractivity contribution in [3.05, 3.63) is 17.8 Å². The third-order valence-corrected chi connectivity index (χ3v) is 3.47. The van der Waals surface area contributed by atoms with E-state index in [1.54, 1.807) is 12.1 Å². The van der Waals surface area contributed by atoms with Crippen molar-refractivity contribution < 1.29 is 19.0 Å². The summed E-state index contributed by atoms with van der Waals surface area (Å²) in [6.07, 6.45) is 2.67. The van der Waals surface area contributed by atoms with Crippen molar-refractivity contribution in [2.45, 2.75) is 19.3 Å². The van der Waals surface area contributed by atoms with Crippen LogP contribution in [0.2, 0.25) is 0 Å². The molecule has 1 aromatic rings. The predicted octanol–water partition coefficient (Wildman–Crippen LogP) is 1.95. The maximum absolute atomic E-state index is 11.7. The molecule has 6 nitrogen and oxygen atoms in total. The Morgan fingerprint density at radius 3 is 2.70 bits per heavy atom. The molecule has 0 radical (unpaired) electrons. The summed E-state index contributed by atoms with van der Waals surface area (Å²) < 4.78 is 15.3. The van der Waals surface area contributed by atoms with Crippen molar-refractivity contribution in [1.82, 2.24) is 4.98 Å². The minimum absolute atomic E-state index is 0.0549. The Morgan fingerprint density at radius 2 is 2.20 bits per heavy atom. The first-order valence-corrected chi connectivity index (χ1v) is 6.31. The van der Waals surface area contributed by atoms with E-state index in [9.17, 15) is 4.79 Å². The van der Waals surface area contributed by atoms with Crippen LogP contribution in [0.3, 0.4) is 0 Å². The first-order chi connectivity index (χ1) is 9.64. The van der Waals surface area contributed by atoms with Gasteiger partial charge < -0.3 is 14.2 Å². The highest BCUT2D eigenvalue weighted by Gasteiger charge is 2.38. The molecule has 0 saturated heterocycles. The predicted molar refractivity (Wildman–Crippen MR) is 69.5 cm³/mol. The van der Waals surface area contributed by atoms with E-state index >= 15 is 0 Å². The van der Waals surface area contributed by atoms with Crippen LogP contribution < -0.4 is 9.47 Å². The lowest BCUT2D eigenvalue weighted by Gasteiger charge is -2.34. The standard InChI is InChI=1S/C14H16N2O4/c1-18-11-5-4-10(12(16-11)13(17)19-2)20-9-14(8-15)6-3-7-14/h4-5H,3,6-7,9H2,1-2H3. The summed E-state index contributed by atoms with van der Waals surface area (Å²) in [5, 5.41) is 9.16. The summed E-state index contributed by atoms with van der Waals surface area (Å²) in [5.74, 6) is 0.00841. The van der Waals surface area contributed by atoms with Gasteiger partial charge in [0.15, 0.2) is 11.4 Å². The number of ether oxygens (including phenoxy) is 3. The van der Waals surface area contributed by atoms with Crippen LogP contribution in [0.25, 0.3) is 0 Å². The Morgan fingerprint density at radius 1 is 1.45 bits per heavy atom. The second-order valence-corrected chi connectivity index (χ2v) is 4.73. The Balaban J connectivity index is 2.18. The number of nitrogens with zero attached hydrogens (tertiary/aromatic N) is 2. The van der Waals surface area contributed by atoms with Gasteiger partial charge in [-0.25, -0.2) is 9.78 Å². The Labute approximate surface area is 117 Å². The summed E-state index contributed by atoms with van der Waals surface area (Å²) in [5.41, 5.74) is -0.382. The normalized spacial score (nSPS) is 15.7. The third kappa shape index (κ3) is 2.67. The molecule has 0 bridgehead atoms. The van der Waals surface area contributed by atoms with Gasteiger partial charge in [0.25, 0.3) is 0 Å². The van der Waals surface area contributed by atoms with E-state index in [0.29, 0.717) is 11.6 Å². The molecule has 106 valence electrons. The second kappa shape index (κ2) is 5.78. The number of hydrogen-bond donors (Lipinski definition) is 0. The first-order valence-electron chi connectivity index (χ1n) is 6.31. The molecule has 0 unspecified atom stereocenters. The fourth-order valence-electron chi connectivity index (χ4n) is 2.01. The van der Waals surface area contributed by atoms with Crippen molar-refractivity contribution in [2.24, 2.45) is 5.41 Å². The van der Waals surface area contributed by atoms with Crippen LogP contribution in [-0.2, 0) is 4.74 Å². The van der Waals surface area contributed by atoms with E-state index in [4.69, 9.17) is 14.7 Å². The van der Waals surface area contributed by atoms with Gasteiger partial charge in [-0.1, -0.05) is 6.42 Å². The molecule has 1 aliphatic carbocycles. The molecule has 0 atom stereocenters. The molecular weight excluding hydrogens is 260 g/mol. The van der Waals surface area contributed by atoms with Gasteiger partial charge >= 0.3 is 5.97 Å². The summed E-state index contributed by atoms with van der Waals surface area (Å²) in [7, 11) is 2.74. The molecule has 1 saturated carbocycles. The van der Waals surface area contributed by atoms with Gasteiger partial charge in [0.2, 0.25) is 5.88 Å². The average Bonchev–Trinajstić information content (AvgIpc) is 2.45. The maximum Gasteiger partial charge on any atom is 0.360 e. The van der Waals surface area contributed by atoms with Gasteiger partial charge in [0.1, 0.15) is 6.61 Å². The van der Waals surface area contributed by atoms with Crippen LogP contribution >= 0.6 is 0 Å². The molecule has 20 heavy (non-hydrogen) atoms. The van der Waals surface area contributed by atoms with Crippen molar-refractivity contribution in [2.75, 3.05) is 20.8 Å². The van der Waals surface area contributed by atoms with Gasteiger partial charge in [-0.15, -0.1) is 0 Å². The number of aromatic nitrogens is 1. The van der Waals surface area contributed by atoms with E-state index in [2.05, 4.69) is 15.8 Å². The van der Waals surface area contributed by atoms with Crippen LogP contribution in [0.1, 0.15) is 29.8 Å². The summed E-state index contributed by atoms with van der Waals surface area (Å²) >= 11 is 0. The smallest absolute Gasteiger partial charge is 0.360 e. The minimum atomic E-state index is -0.599. The maximum atomic E-state index is 11.7. The molecule has 0 N–H and O–H groups in total. The van der Waals surface area contributed by atoms with Crippen LogP contribution in [0.4, 0.5) is 0 Å². The lowest BCUT2D eigenvalue weighted by Crippen LogP contribution is -2.34. The monoisotopic (exact) mass is 276 g/mol. The minimum Gasteiger partial charge on any atom is -0.489 e. The number of pyridine rings is 1. The van der Waals surface area contributed by atoms with E-state index in [1.165, 1.54) is 14.2 Å². The van der Waals surface area contributed by atoms with Crippen LogP contribution in [0, 0.1) is 16.7 Å². The van der Waals surface area contributed by atoms with Gasteiger partial charge in [0.05, 0.1) is 25.7 Å². The van der Waals surface area contributed by atoms with Crippen molar-refractivity contribution in [1.29, 1.82) is 5.26 Å². The lowest BCUT2D eigenvalue weighted by molar-refractivity contribution is 0.0580. The van der Waals surface area contributed by atoms with Gasteiger partial charge in [-0.05, 0) is 18.9 Å². The molecule has 1 fully saturated rings. The van der Waals surface area contributed by atoms with E-state index in [-0.39, 0.29) is 12.3 Å². The van der Waals surface area contributed by atoms with E-state index in [1.807, 2.05) is 0 Å². The van der Waals surface area contributed by atoms with Gasteiger partial charge in [-0.3, -0.25) is 0 Å². The highest BCUT2D eigenvalue weighted by atomic mass is 16.5. The van der Waals surface area contributed by atoms with E-state index in [0.717, 1.165) is 19.3 Å². The molecule has 2 rings (SSSR count). The van der Waals surface area contributed by atoms with Crippen molar-refractivity contribution in [3.8, 4) is 17.7 Å². The Kier molecular flexibility index (Phi) is 4.08. The molecule has 0 spiro atoms. The SMILES string of the molecule is COC(=O)c1nc(OC)ccc1OCC1(C#N)CCC1. The molecular formula is C14H16N2O4. The number of methoxy groups -OCH3 is 2. The lowest BCUT2D eigenvalue weighted by atomic mass is 9.71. The number of hydrogen-bond acceptors (Lipinski definition) is 6. The quantitative estimate of drug-likeness (QED) is 0.764. The fourth-order valence-corrected chi connectivity index (χ4v) is 2.01. The van der Waals surface area contributed by atoms with Crippen molar-refractivity contribution >= 4 is 5.97 Å². The zero-order valence-corrected chi connectivity index (χ0v) is 11.5. The van der Waals surface area contributed by atoms with Crippen LogP contribution in [0.5, 0.6) is 11.6 Å². The molecule has 1 heterocycles. The Hall–Kier alpha value is -2.29. The zero-order valence-electron chi connectivity index (χ0n) is 11.5. The molecule has 0 aliphatic heterocycles. The number of nitriles is 1. The van der Waals surface area contributed by atoms with Crippen molar-refractivity contribution in [3.63, 3.8) is 0 Å². The number of carbonyl (C=O) groups is 1. The number of carbonyl (C=O) groups excluding carboxylic acids is 1. The topological polar surface area (TPSA) is 81.4 Å². The summed E-state index contributed by atoms with van der Waals surface area (Å²) in [6.45, 7) is 0.251. The second-order valence-electron chi connectivity index (χ2n) is 4.73. The molecule has 6 heteroatoms. The van der Waals surface area contributed by atoms with Crippen LogP contribution in [-0.4, -0.2) is 31.8 Å². The number of esters is 1. The summed E-state index contributed by atoms with van der Waals surface area (Å²) in [6, 6.07) is 5.48. The highest BCUT2D eigenvalue weighted by Crippen LogP contribution is 2.40. The zero-order chi connectivity index (χ0) is 14.6. The highest BCUT2D eigenvalue weighted by molar-refractivity contribution is 5.90. The molecule has 1 aliphatic rings. The first kappa shape index (κ1) is 14.1. The van der Waals surface area contributed by atoms with Crippen LogP contribution in [0.15, 0.2) is 12.1 Å².